The standard InChI is InChI=1S/C19H12ClN3O5S2/c20-11-4-1-8(5-12(11)23(27)28)6-13-16(24)22(19(29)30-13)21-17(25)14-9-2-3-10(7-9)15(14)18(21)26/h1-6,9-10,14-15H,7H2/b13-6+/t9-,10+,14-,15-/m0/s1. The first kappa shape index (κ1) is 19.4. The molecular formula is C19H12ClN3O5S2. The molecule has 8 nitrogen and oxygen atoms in total. The second-order valence-electron chi connectivity index (χ2n) is 7.45. The van der Waals surface area contributed by atoms with E-state index >= 15 is 0 Å². The van der Waals surface area contributed by atoms with Gasteiger partial charge in [0, 0.05) is 6.07 Å². The number of halogens is 1. The van der Waals surface area contributed by atoms with E-state index in [1.165, 1.54) is 24.3 Å². The minimum Gasteiger partial charge on any atom is -0.272 e. The van der Waals surface area contributed by atoms with Gasteiger partial charge in [0.1, 0.15) is 5.02 Å². The third kappa shape index (κ3) is 2.67. The number of nitro benzene ring substituents is 1. The zero-order valence-electron chi connectivity index (χ0n) is 15.1. The maximum absolute atomic E-state index is 13.0. The van der Waals surface area contributed by atoms with Crippen molar-refractivity contribution < 1.29 is 19.3 Å². The molecule has 3 fully saturated rings. The fourth-order valence-electron chi connectivity index (χ4n) is 4.63. The molecule has 0 radical (unpaired) electrons. The van der Waals surface area contributed by atoms with Crippen molar-refractivity contribution in [2.24, 2.45) is 23.7 Å². The fourth-order valence-corrected chi connectivity index (χ4v) is 6.05. The number of thioether (sulfide) groups is 1. The molecule has 2 bridgehead atoms. The highest BCUT2D eigenvalue weighted by molar-refractivity contribution is 8.26. The molecule has 0 spiro atoms. The van der Waals surface area contributed by atoms with E-state index < -0.39 is 34.5 Å². The number of fused-ring (bicyclic) bond motifs is 5. The molecule has 5 rings (SSSR count). The molecule has 0 aromatic heterocycles. The molecule has 2 heterocycles. The second kappa shape index (κ2) is 6.73. The van der Waals surface area contributed by atoms with Crippen LogP contribution in [0.25, 0.3) is 6.08 Å². The summed E-state index contributed by atoms with van der Waals surface area (Å²) in [5.74, 6) is -2.26. The van der Waals surface area contributed by atoms with E-state index in [4.69, 9.17) is 23.8 Å². The first-order valence-electron chi connectivity index (χ1n) is 9.06. The van der Waals surface area contributed by atoms with Crippen LogP contribution in [0.3, 0.4) is 0 Å². The predicted octanol–water partition coefficient (Wildman–Crippen LogP) is 3.17. The van der Waals surface area contributed by atoms with Gasteiger partial charge in [-0.05, 0) is 48.2 Å². The highest BCUT2D eigenvalue weighted by Gasteiger charge is 2.62. The smallest absolute Gasteiger partial charge is 0.272 e. The van der Waals surface area contributed by atoms with Crippen LogP contribution in [-0.4, -0.2) is 37.0 Å². The molecule has 1 aromatic rings. The van der Waals surface area contributed by atoms with Gasteiger partial charge in [0.2, 0.25) is 0 Å². The lowest BCUT2D eigenvalue weighted by Gasteiger charge is -2.25. The van der Waals surface area contributed by atoms with Crippen LogP contribution < -0.4 is 0 Å². The Kier molecular flexibility index (Phi) is 4.35. The minimum absolute atomic E-state index is 0.0185. The van der Waals surface area contributed by atoms with Crippen molar-refractivity contribution in [3.63, 3.8) is 0 Å². The average molecular weight is 462 g/mol. The molecular weight excluding hydrogens is 450 g/mol. The number of benzene rings is 1. The Morgan fingerprint density at radius 2 is 1.77 bits per heavy atom. The van der Waals surface area contributed by atoms with Crippen LogP contribution in [0.15, 0.2) is 35.3 Å². The monoisotopic (exact) mass is 461 g/mol. The molecule has 30 heavy (non-hydrogen) atoms. The number of carbonyl (C=O) groups excluding carboxylic acids is 3. The molecule has 2 aliphatic carbocycles. The van der Waals surface area contributed by atoms with Crippen molar-refractivity contribution in [2.45, 2.75) is 6.42 Å². The molecule has 3 amide bonds. The maximum atomic E-state index is 13.0. The molecule has 2 saturated heterocycles. The molecule has 4 aliphatic rings. The van der Waals surface area contributed by atoms with Crippen LogP contribution in [0.4, 0.5) is 5.69 Å². The van der Waals surface area contributed by atoms with Crippen LogP contribution in [-0.2, 0) is 14.4 Å². The molecule has 1 saturated carbocycles. The van der Waals surface area contributed by atoms with Gasteiger partial charge in [0.25, 0.3) is 23.4 Å². The van der Waals surface area contributed by atoms with E-state index in [9.17, 15) is 24.5 Å². The number of hydrogen-bond donors (Lipinski definition) is 0. The van der Waals surface area contributed by atoms with Crippen molar-refractivity contribution in [1.82, 2.24) is 10.0 Å². The SMILES string of the molecule is O=C1/C(=C\c2ccc(Cl)c([N+](=O)[O-])c2)SC(=S)N1N1C(=O)[C@@H]2[C@@H](C1=O)[C@H]1C=C[C@@H]2C1. The Morgan fingerprint density at radius 1 is 1.13 bits per heavy atom. The number of allylic oxidation sites excluding steroid dienone is 2. The summed E-state index contributed by atoms with van der Waals surface area (Å²) in [6.07, 6.45) is 6.16. The number of hydrazine groups is 1. The van der Waals surface area contributed by atoms with E-state index in [1.54, 1.807) is 0 Å². The number of nitro groups is 1. The van der Waals surface area contributed by atoms with E-state index in [-0.39, 0.29) is 31.8 Å². The summed E-state index contributed by atoms with van der Waals surface area (Å²) in [5.41, 5.74) is 0.0892. The summed E-state index contributed by atoms with van der Waals surface area (Å²) < 4.78 is 0.0664. The molecule has 4 atom stereocenters. The second-order valence-corrected chi connectivity index (χ2v) is 9.53. The summed E-state index contributed by atoms with van der Waals surface area (Å²) in [4.78, 5) is 49.6. The predicted molar refractivity (Wildman–Crippen MR) is 113 cm³/mol. The summed E-state index contributed by atoms with van der Waals surface area (Å²) in [6, 6.07) is 4.14. The van der Waals surface area contributed by atoms with Crippen molar-refractivity contribution >= 4 is 69.4 Å². The van der Waals surface area contributed by atoms with Gasteiger partial charge in [-0.1, -0.05) is 41.6 Å². The minimum atomic E-state index is -0.618. The van der Waals surface area contributed by atoms with Gasteiger partial charge in [-0.2, -0.15) is 10.0 Å². The lowest BCUT2D eigenvalue weighted by atomic mass is 9.85. The quantitative estimate of drug-likeness (QED) is 0.170. The molecule has 1 aromatic carbocycles. The number of carbonyl (C=O) groups is 3. The van der Waals surface area contributed by atoms with Crippen LogP contribution in [0.2, 0.25) is 5.02 Å². The van der Waals surface area contributed by atoms with Crippen LogP contribution in [0.1, 0.15) is 12.0 Å². The van der Waals surface area contributed by atoms with E-state index in [0.717, 1.165) is 28.2 Å². The van der Waals surface area contributed by atoms with Gasteiger partial charge < -0.3 is 0 Å². The van der Waals surface area contributed by atoms with Crippen molar-refractivity contribution in [1.29, 1.82) is 0 Å². The van der Waals surface area contributed by atoms with Gasteiger partial charge in [0.05, 0.1) is 21.7 Å². The lowest BCUT2D eigenvalue weighted by Crippen LogP contribution is -2.49. The normalized spacial score (nSPS) is 30.9. The Bertz CT molecular complexity index is 1100. The van der Waals surface area contributed by atoms with Crippen LogP contribution >= 0.6 is 35.6 Å². The van der Waals surface area contributed by atoms with E-state index in [0.29, 0.717) is 5.56 Å². The van der Waals surface area contributed by atoms with Gasteiger partial charge in [-0.15, -0.1) is 0 Å². The molecule has 0 N–H and O–H groups in total. The molecule has 2 aliphatic heterocycles. The number of hydrogen-bond acceptors (Lipinski definition) is 7. The Morgan fingerprint density at radius 3 is 2.37 bits per heavy atom. The zero-order chi connectivity index (χ0) is 21.3. The summed E-state index contributed by atoms with van der Waals surface area (Å²) in [6.45, 7) is 0. The van der Waals surface area contributed by atoms with Gasteiger partial charge in [0.15, 0.2) is 4.32 Å². The van der Waals surface area contributed by atoms with Crippen molar-refractivity contribution in [2.75, 3.05) is 0 Å². The van der Waals surface area contributed by atoms with Gasteiger partial charge >= 0.3 is 0 Å². The molecule has 11 heteroatoms. The third-order valence-electron chi connectivity index (χ3n) is 5.89. The lowest BCUT2D eigenvalue weighted by molar-refractivity contribution is -0.384. The van der Waals surface area contributed by atoms with Crippen molar-refractivity contribution in [3.8, 4) is 0 Å². The molecule has 152 valence electrons. The average Bonchev–Trinajstić information content (AvgIpc) is 3.43. The highest BCUT2D eigenvalue weighted by atomic mass is 35.5. The first-order chi connectivity index (χ1) is 14.3. The highest BCUT2D eigenvalue weighted by Crippen LogP contribution is 2.53. The first-order valence-corrected chi connectivity index (χ1v) is 10.7. The van der Waals surface area contributed by atoms with Crippen LogP contribution in [0, 0.1) is 33.8 Å². The molecule has 0 unspecified atom stereocenters. The van der Waals surface area contributed by atoms with E-state index in [2.05, 4.69) is 0 Å². The van der Waals surface area contributed by atoms with E-state index in [1.807, 2.05) is 12.2 Å². The van der Waals surface area contributed by atoms with Crippen molar-refractivity contribution in [3.05, 3.63) is 56.0 Å². The maximum Gasteiger partial charge on any atom is 0.288 e. The third-order valence-corrected chi connectivity index (χ3v) is 7.49. The number of rotatable bonds is 3. The summed E-state index contributed by atoms with van der Waals surface area (Å²) in [5, 5.41) is 12.9. The van der Waals surface area contributed by atoms with Crippen LogP contribution in [0.5, 0.6) is 0 Å². The number of thiocarbonyl (C=S) groups is 1. The zero-order valence-corrected chi connectivity index (χ0v) is 17.4. The fraction of sp³-hybridized carbons (Fsp3) is 0.263. The Balaban J connectivity index is 1.45. The Labute approximate surface area is 184 Å². The summed E-state index contributed by atoms with van der Waals surface area (Å²) >= 11 is 12.0. The summed E-state index contributed by atoms with van der Waals surface area (Å²) in [7, 11) is 0. The van der Waals surface area contributed by atoms with Gasteiger partial charge in [-0.3, -0.25) is 24.5 Å². The number of nitrogens with zero attached hydrogens (tertiary/aromatic N) is 3. The largest absolute Gasteiger partial charge is 0.288 e. The topological polar surface area (TPSA) is 101 Å². The number of amides is 3. The van der Waals surface area contributed by atoms with Gasteiger partial charge in [-0.25, -0.2) is 0 Å². The number of imide groups is 1. The Hall–Kier alpha value is -2.56.